The van der Waals surface area contributed by atoms with Gasteiger partial charge in [0.25, 0.3) is 0 Å². The van der Waals surface area contributed by atoms with E-state index in [-0.39, 0.29) is 0 Å². The predicted molar refractivity (Wildman–Crippen MR) is 81.1 cm³/mol. The zero-order valence-corrected chi connectivity index (χ0v) is 13.4. The number of unbranched alkanes of at least 4 members (excludes halogenated alkanes) is 1. The number of hydrogen-bond acceptors (Lipinski definition) is 3. The zero-order valence-electron chi connectivity index (χ0n) is 12.7. The molecule has 0 rings (SSSR count). The first kappa shape index (κ1) is 19.2. The van der Waals surface area contributed by atoms with E-state index in [1.165, 1.54) is 19.3 Å². The van der Waals surface area contributed by atoms with E-state index in [0.29, 0.717) is 32.3 Å². The summed E-state index contributed by atoms with van der Waals surface area (Å²) in [4.78, 5) is 0. The second-order valence-electron chi connectivity index (χ2n) is 4.79. The van der Waals surface area contributed by atoms with Crippen molar-refractivity contribution in [3.8, 4) is 0 Å². The van der Waals surface area contributed by atoms with Crippen LogP contribution in [0.5, 0.6) is 0 Å². The highest BCUT2D eigenvalue weighted by molar-refractivity contribution is 6.18. The van der Waals surface area contributed by atoms with E-state index < -0.39 is 0 Å². The van der Waals surface area contributed by atoms with Gasteiger partial charge in [0.05, 0.1) is 26.4 Å². The minimum atomic E-state index is 0.597. The van der Waals surface area contributed by atoms with Crippen molar-refractivity contribution in [3.05, 3.63) is 0 Å². The summed E-state index contributed by atoms with van der Waals surface area (Å²) >= 11 is 5.89. The van der Waals surface area contributed by atoms with Crippen LogP contribution in [-0.4, -0.2) is 45.5 Å². The summed E-state index contributed by atoms with van der Waals surface area (Å²) in [6, 6.07) is 0. The zero-order chi connectivity index (χ0) is 14.2. The molecule has 0 saturated carbocycles. The molecule has 0 aliphatic carbocycles. The second kappa shape index (κ2) is 16.2. The third-order valence-corrected chi connectivity index (χ3v) is 3.41. The Balaban J connectivity index is 3.09. The third-order valence-electron chi connectivity index (χ3n) is 2.97. The molecule has 0 amide bonds. The fraction of sp³-hybridized carbons (Fsp3) is 1.00. The quantitative estimate of drug-likeness (QED) is 0.339. The molecule has 0 bridgehead atoms. The van der Waals surface area contributed by atoms with Crippen molar-refractivity contribution in [2.75, 3.05) is 45.5 Å². The van der Waals surface area contributed by atoms with E-state index in [1.807, 2.05) is 0 Å². The smallest absolute Gasteiger partial charge is 0.0701 e. The van der Waals surface area contributed by atoms with Crippen LogP contribution < -0.4 is 0 Å². The molecule has 19 heavy (non-hydrogen) atoms. The van der Waals surface area contributed by atoms with E-state index in [0.717, 1.165) is 31.9 Å². The van der Waals surface area contributed by atoms with Gasteiger partial charge >= 0.3 is 0 Å². The average molecular weight is 295 g/mol. The van der Waals surface area contributed by atoms with Gasteiger partial charge in [0.15, 0.2) is 0 Å². The lowest BCUT2D eigenvalue weighted by Crippen LogP contribution is -2.12. The van der Waals surface area contributed by atoms with Crippen LogP contribution in [0.2, 0.25) is 0 Å². The molecule has 3 nitrogen and oxygen atoms in total. The topological polar surface area (TPSA) is 27.7 Å². The van der Waals surface area contributed by atoms with Gasteiger partial charge < -0.3 is 14.2 Å². The Morgan fingerprint density at radius 1 is 0.737 bits per heavy atom. The van der Waals surface area contributed by atoms with E-state index in [4.69, 9.17) is 25.8 Å². The molecule has 0 spiro atoms. The molecule has 0 radical (unpaired) electrons. The SMILES string of the molecule is CCCCOCCOCCOCCC(CCl)CCC. The number of alkyl halides is 1. The van der Waals surface area contributed by atoms with Crippen molar-refractivity contribution in [2.24, 2.45) is 5.92 Å². The van der Waals surface area contributed by atoms with Crippen LogP contribution in [0, 0.1) is 5.92 Å². The highest BCUT2D eigenvalue weighted by Crippen LogP contribution is 2.12. The minimum absolute atomic E-state index is 0.597. The van der Waals surface area contributed by atoms with Crippen LogP contribution in [-0.2, 0) is 14.2 Å². The first-order valence-electron chi connectivity index (χ1n) is 7.64. The fourth-order valence-electron chi connectivity index (χ4n) is 1.75. The molecule has 1 unspecified atom stereocenters. The second-order valence-corrected chi connectivity index (χ2v) is 5.10. The lowest BCUT2D eigenvalue weighted by Gasteiger charge is -2.12. The molecule has 0 aliphatic rings. The first-order valence-corrected chi connectivity index (χ1v) is 8.17. The number of hydrogen-bond donors (Lipinski definition) is 0. The summed E-state index contributed by atoms with van der Waals surface area (Å²) in [5, 5.41) is 0. The molecule has 0 heterocycles. The predicted octanol–water partition coefficient (Wildman–Crippen LogP) is 3.88. The maximum Gasteiger partial charge on any atom is 0.0701 e. The maximum absolute atomic E-state index is 5.89. The van der Waals surface area contributed by atoms with Gasteiger partial charge in [0.1, 0.15) is 0 Å². The van der Waals surface area contributed by atoms with Crippen LogP contribution >= 0.6 is 11.6 Å². The molecule has 0 saturated heterocycles. The third kappa shape index (κ3) is 14.4. The van der Waals surface area contributed by atoms with Gasteiger partial charge in [-0.25, -0.2) is 0 Å². The molecule has 4 heteroatoms. The Labute approximate surface area is 123 Å². The summed E-state index contributed by atoms with van der Waals surface area (Å²) in [5.74, 6) is 1.34. The molecule has 0 fully saturated rings. The highest BCUT2D eigenvalue weighted by Gasteiger charge is 2.05. The lowest BCUT2D eigenvalue weighted by atomic mass is 10.0. The Morgan fingerprint density at radius 3 is 1.84 bits per heavy atom. The van der Waals surface area contributed by atoms with Crippen molar-refractivity contribution in [1.29, 1.82) is 0 Å². The standard InChI is InChI=1S/C15H31ClO3/c1-3-5-8-17-10-12-19-13-11-18-9-7-15(14-16)6-4-2/h15H,3-14H2,1-2H3. The van der Waals surface area contributed by atoms with Gasteiger partial charge in [-0.15, -0.1) is 11.6 Å². The largest absolute Gasteiger partial charge is 0.379 e. The Morgan fingerprint density at radius 2 is 1.32 bits per heavy atom. The van der Waals surface area contributed by atoms with Crippen molar-refractivity contribution in [3.63, 3.8) is 0 Å². The molecule has 0 aromatic carbocycles. The normalized spacial score (nSPS) is 12.8. The number of rotatable bonds is 15. The summed E-state index contributed by atoms with van der Waals surface area (Å²) < 4.78 is 16.3. The Kier molecular flexibility index (Phi) is 16.4. The van der Waals surface area contributed by atoms with Crippen LogP contribution in [0.25, 0.3) is 0 Å². The highest BCUT2D eigenvalue weighted by atomic mass is 35.5. The van der Waals surface area contributed by atoms with Crippen LogP contribution in [0.4, 0.5) is 0 Å². The Hall–Kier alpha value is 0.170. The van der Waals surface area contributed by atoms with Gasteiger partial charge in [-0.2, -0.15) is 0 Å². The number of halogens is 1. The minimum Gasteiger partial charge on any atom is -0.379 e. The average Bonchev–Trinajstić information content (AvgIpc) is 2.43. The van der Waals surface area contributed by atoms with Crippen LogP contribution in [0.15, 0.2) is 0 Å². The molecule has 0 aromatic heterocycles. The van der Waals surface area contributed by atoms with Gasteiger partial charge in [-0.05, 0) is 25.2 Å². The monoisotopic (exact) mass is 294 g/mol. The van der Waals surface area contributed by atoms with E-state index >= 15 is 0 Å². The summed E-state index contributed by atoms with van der Waals surface area (Å²) in [6.07, 6.45) is 5.74. The lowest BCUT2D eigenvalue weighted by molar-refractivity contribution is 0.0120. The van der Waals surface area contributed by atoms with Crippen molar-refractivity contribution >= 4 is 11.6 Å². The molecule has 0 N–H and O–H groups in total. The molecular weight excluding hydrogens is 264 g/mol. The van der Waals surface area contributed by atoms with Crippen LogP contribution in [0.1, 0.15) is 46.0 Å². The first-order chi connectivity index (χ1) is 9.35. The Bertz CT molecular complexity index is 167. The fourth-order valence-corrected chi connectivity index (χ4v) is 2.05. The molecular formula is C15H31ClO3. The van der Waals surface area contributed by atoms with Crippen molar-refractivity contribution < 1.29 is 14.2 Å². The van der Waals surface area contributed by atoms with Gasteiger partial charge in [-0.3, -0.25) is 0 Å². The van der Waals surface area contributed by atoms with Gasteiger partial charge in [-0.1, -0.05) is 26.7 Å². The molecule has 0 aliphatic heterocycles. The van der Waals surface area contributed by atoms with Gasteiger partial charge in [0.2, 0.25) is 0 Å². The molecule has 0 aromatic rings. The molecule has 116 valence electrons. The van der Waals surface area contributed by atoms with Crippen molar-refractivity contribution in [1.82, 2.24) is 0 Å². The van der Waals surface area contributed by atoms with Gasteiger partial charge in [0, 0.05) is 19.1 Å². The van der Waals surface area contributed by atoms with E-state index in [9.17, 15) is 0 Å². The molecule has 1 atom stereocenters. The summed E-state index contributed by atoms with van der Waals surface area (Å²) in [5.41, 5.74) is 0. The maximum atomic E-state index is 5.89. The van der Waals surface area contributed by atoms with E-state index in [1.54, 1.807) is 0 Å². The van der Waals surface area contributed by atoms with Crippen LogP contribution in [0.3, 0.4) is 0 Å². The summed E-state index contributed by atoms with van der Waals surface area (Å²) in [6.45, 7) is 8.63. The van der Waals surface area contributed by atoms with Crippen molar-refractivity contribution in [2.45, 2.75) is 46.0 Å². The van der Waals surface area contributed by atoms with E-state index in [2.05, 4.69) is 13.8 Å². The number of ether oxygens (including phenoxy) is 3. The summed E-state index contributed by atoms with van der Waals surface area (Å²) in [7, 11) is 0.